The number of anilines is 1. The van der Waals surface area contributed by atoms with Crippen molar-refractivity contribution < 1.29 is 57.1 Å². The van der Waals surface area contributed by atoms with Crippen molar-refractivity contribution in [2.24, 2.45) is 5.10 Å². The number of ether oxygens (including phenoxy) is 8. The van der Waals surface area contributed by atoms with Gasteiger partial charge in [0.05, 0.1) is 80.4 Å². The highest BCUT2D eigenvalue weighted by molar-refractivity contribution is 7.22. The number of hydrogen-bond donors (Lipinski definition) is 0. The molecule has 16 heteroatoms. The summed E-state index contributed by atoms with van der Waals surface area (Å²) in [6.45, 7) is 10.1. The molecule has 5 rings (SSSR count). The van der Waals surface area contributed by atoms with Crippen molar-refractivity contribution in [2.45, 2.75) is 51.4 Å². The average molecular weight is 936 g/mol. The Kier molecular flexibility index (Phi) is 22.0. The molecule has 4 aromatic carbocycles. The van der Waals surface area contributed by atoms with Crippen LogP contribution < -0.4 is 24.0 Å². The third-order valence-corrected chi connectivity index (χ3v) is 10.8. The second-order valence-electron chi connectivity index (χ2n) is 14.7. The Morgan fingerprint density at radius 1 is 0.627 bits per heavy atom. The molecule has 5 aromatic rings. The average Bonchev–Trinajstić information content (AvgIpc) is 3.79. The standard InChI is InChI=1S/C51H57N3O12S/c1-4-47(55)63-31-14-8-6-12-29-61-41-21-18-38(19-22-41)49(57)65-42-23-25-43(26-24-42)66-50(58)39-20-27-45(62-30-13-7-9-15-32-64-48(56)5-2)40(36-39)37-52-54(28-33-60-35-34-59-3)51-53-44-16-10-11-17-46(44)67-51/h4-5,10-11,16-27,36-37H,1-2,6-9,12-15,28-35H2,3H3/b52-37+. The number of rotatable bonds is 31. The fraction of sp³-hybridized carbons (Fsp3) is 0.333. The number of esters is 4. The van der Waals surface area contributed by atoms with Crippen molar-refractivity contribution in [3.8, 4) is 23.0 Å². The lowest BCUT2D eigenvalue weighted by atomic mass is 10.1. The monoisotopic (exact) mass is 935 g/mol. The van der Waals surface area contributed by atoms with Crippen molar-refractivity contribution >= 4 is 56.8 Å². The van der Waals surface area contributed by atoms with Crippen LogP contribution in [0.5, 0.6) is 23.0 Å². The van der Waals surface area contributed by atoms with Gasteiger partial charge < -0.3 is 37.9 Å². The van der Waals surface area contributed by atoms with Crippen molar-refractivity contribution in [2.75, 3.05) is 64.9 Å². The van der Waals surface area contributed by atoms with E-state index in [0.717, 1.165) is 73.7 Å². The van der Waals surface area contributed by atoms with E-state index >= 15 is 0 Å². The first-order valence-corrected chi connectivity index (χ1v) is 22.9. The van der Waals surface area contributed by atoms with Crippen LogP contribution in [0.2, 0.25) is 0 Å². The zero-order valence-electron chi connectivity index (χ0n) is 37.8. The van der Waals surface area contributed by atoms with E-state index in [1.165, 1.54) is 11.3 Å². The van der Waals surface area contributed by atoms with Crippen molar-refractivity contribution in [3.63, 3.8) is 0 Å². The van der Waals surface area contributed by atoms with E-state index in [9.17, 15) is 19.2 Å². The molecular weight excluding hydrogens is 879 g/mol. The van der Waals surface area contributed by atoms with Crippen molar-refractivity contribution in [3.05, 3.63) is 133 Å². The summed E-state index contributed by atoms with van der Waals surface area (Å²) in [6, 6.07) is 25.7. The summed E-state index contributed by atoms with van der Waals surface area (Å²) in [7, 11) is 1.62. The van der Waals surface area contributed by atoms with Gasteiger partial charge in [-0.05, 0) is 130 Å². The molecule has 0 radical (unpaired) electrons. The maximum Gasteiger partial charge on any atom is 0.343 e. The number of hydrogen-bond acceptors (Lipinski definition) is 16. The smallest absolute Gasteiger partial charge is 0.343 e. The fourth-order valence-electron chi connectivity index (χ4n) is 6.15. The molecule has 354 valence electrons. The van der Waals surface area contributed by atoms with Gasteiger partial charge in [-0.2, -0.15) is 5.10 Å². The summed E-state index contributed by atoms with van der Waals surface area (Å²) in [4.78, 5) is 53.7. The lowest BCUT2D eigenvalue weighted by molar-refractivity contribution is -0.138. The van der Waals surface area contributed by atoms with Crippen LogP contribution in [0.1, 0.15) is 77.6 Å². The molecule has 0 saturated carbocycles. The number of nitrogens with zero attached hydrogens (tertiary/aromatic N) is 3. The summed E-state index contributed by atoms with van der Waals surface area (Å²) < 4.78 is 45.2. The third kappa shape index (κ3) is 18.1. The molecular formula is C51H57N3O12S. The van der Waals surface area contributed by atoms with Gasteiger partial charge in [0.2, 0.25) is 5.13 Å². The Morgan fingerprint density at radius 3 is 1.81 bits per heavy atom. The number of carbonyl (C=O) groups is 4. The van der Waals surface area contributed by atoms with E-state index in [1.54, 1.807) is 85.1 Å². The predicted molar refractivity (Wildman–Crippen MR) is 257 cm³/mol. The number of hydrazone groups is 1. The van der Waals surface area contributed by atoms with Crippen LogP contribution in [0.25, 0.3) is 10.2 Å². The van der Waals surface area contributed by atoms with Gasteiger partial charge in [0.25, 0.3) is 0 Å². The van der Waals surface area contributed by atoms with Gasteiger partial charge in [-0.25, -0.2) is 29.2 Å². The number of carbonyl (C=O) groups excluding carboxylic acids is 4. The lowest BCUT2D eigenvalue weighted by Crippen LogP contribution is -2.23. The second-order valence-corrected chi connectivity index (χ2v) is 15.7. The number of para-hydroxylation sites is 1. The predicted octanol–water partition coefficient (Wildman–Crippen LogP) is 9.58. The number of benzene rings is 4. The van der Waals surface area contributed by atoms with Crippen LogP contribution in [0.4, 0.5) is 5.13 Å². The molecule has 0 aliphatic rings. The highest BCUT2D eigenvalue weighted by Gasteiger charge is 2.16. The molecule has 0 unspecified atom stereocenters. The van der Waals surface area contributed by atoms with Gasteiger partial charge in [0.1, 0.15) is 23.0 Å². The van der Waals surface area contributed by atoms with Gasteiger partial charge in [0, 0.05) is 24.8 Å². The molecule has 0 N–H and O–H groups in total. The summed E-state index contributed by atoms with van der Waals surface area (Å²) in [5.41, 5.74) is 1.98. The molecule has 0 spiro atoms. The van der Waals surface area contributed by atoms with Crippen LogP contribution >= 0.6 is 11.3 Å². The molecule has 0 atom stereocenters. The molecule has 1 aromatic heterocycles. The molecule has 1 heterocycles. The lowest BCUT2D eigenvalue weighted by Gasteiger charge is -2.16. The van der Waals surface area contributed by atoms with Crippen molar-refractivity contribution in [1.29, 1.82) is 0 Å². The van der Waals surface area contributed by atoms with Crippen LogP contribution in [0.3, 0.4) is 0 Å². The Hall–Kier alpha value is -6.88. The minimum atomic E-state index is -0.619. The Balaban J connectivity index is 1.19. The van der Waals surface area contributed by atoms with Gasteiger partial charge >= 0.3 is 23.9 Å². The van der Waals surface area contributed by atoms with Gasteiger partial charge in [-0.1, -0.05) is 36.6 Å². The highest BCUT2D eigenvalue weighted by atomic mass is 32.1. The number of methoxy groups -OCH3 is 1. The fourth-order valence-corrected chi connectivity index (χ4v) is 7.10. The zero-order valence-corrected chi connectivity index (χ0v) is 38.6. The zero-order chi connectivity index (χ0) is 47.5. The van der Waals surface area contributed by atoms with E-state index in [1.807, 2.05) is 24.3 Å². The molecule has 0 fully saturated rings. The van der Waals surface area contributed by atoms with Crippen LogP contribution in [-0.4, -0.2) is 95.0 Å². The number of thiazole rings is 1. The minimum absolute atomic E-state index is 0.243. The summed E-state index contributed by atoms with van der Waals surface area (Å²) in [5, 5.41) is 7.24. The largest absolute Gasteiger partial charge is 0.494 e. The molecule has 0 amide bonds. The summed E-state index contributed by atoms with van der Waals surface area (Å²) >= 11 is 1.50. The van der Waals surface area contributed by atoms with Crippen LogP contribution in [-0.2, 0) is 28.5 Å². The third-order valence-electron chi connectivity index (χ3n) is 9.72. The minimum Gasteiger partial charge on any atom is -0.494 e. The molecule has 0 aliphatic heterocycles. The first-order chi connectivity index (χ1) is 32.8. The summed E-state index contributed by atoms with van der Waals surface area (Å²) in [6.07, 6.45) is 10.6. The van der Waals surface area contributed by atoms with Crippen molar-refractivity contribution in [1.82, 2.24) is 4.98 Å². The van der Waals surface area contributed by atoms with Crippen LogP contribution in [0.15, 0.2) is 121 Å². The summed E-state index contributed by atoms with van der Waals surface area (Å²) in [5.74, 6) is -0.372. The quantitative estimate of drug-likeness (QED) is 0.0103. The SMILES string of the molecule is C=CC(=O)OCCCCCCOc1ccc(C(=O)Oc2ccc(OC(=O)c3ccc(OCCCCCCOC(=O)C=C)c(/C=N/N(CCOCCOC)c4nc5ccccc5s4)c3)cc2)cc1. The molecule has 15 nitrogen and oxygen atoms in total. The maximum atomic E-state index is 13.5. The topological polar surface area (TPSA) is 171 Å². The van der Waals surface area contributed by atoms with Crippen LogP contribution in [0, 0.1) is 0 Å². The van der Waals surface area contributed by atoms with E-state index in [-0.39, 0.29) is 17.1 Å². The van der Waals surface area contributed by atoms with E-state index in [0.29, 0.717) is 80.6 Å². The number of unbranched alkanes of at least 4 members (excludes halogenated alkanes) is 6. The maximum absolute atomic E-state index is 13.5. The Bertz CT molecular complexity index is 2350. The second kappa shape index (κ2) is 28.9. The van der Waals surface area contributed by atoms with Gasteiger partial charge in [0.15, 0.2) is 0 Å². The Labute approximate surface area is 394 Å². The molecule has 0 bridgehead atoms. The van der Waals surface area contributed by atoms with E-state index < -0.39 is 23.9 Å². The first kappa shape index (κ1) is 51.1. The normalized spacial score (nSPS) is 10.9. The first-order valence-electron chi connectivity index (χ1n) is 22.1. The highest BCUT2D eigenvalue weighted by Crippen LogP contribution is 2.29. The molecule has 67 heavy (non-hydrogen) atoms. The molecule has 0 saturated heterocycles. The van der Waals surface area contributed by atoms with Gasteiger partial charge in [-0.3, -0.25) is 0 Å². The number of fused-ring (bicyclic) bond motifs is 1. The Morgan fingerprint density at radius 2 is 1.19 bits per heavy atom. The van der Waals surface area contributed by atoms with E-state index in [2.05, 4.69) is 13.2 Å². The molecule has 0 aliphatic carbocycles. The van der Waals surface area contributed by atoms with E-state index in [4.69, 9.17) is 48.0 Å². The number of aromatic nitrogens is 1. The van der Waals surface area contributed by atoms with Gasteiger partial charge in [-0.15, -0.1) is 0 Å².